The molecule has 2 heterocycles. The monoisotopic (exact) mass is 523 g/mol. The number of hydrogen-bond acceptors (Lipinski definition) is 6. The second-order valence-electron chi connectivity index (χ2n) is 9.90. The van der Waals surface area contributed by atoms with E-state index in [9.17, 15) is 14.0 Å². The summed E-state index contributed by atoms with van der Waals surface area (Å²) in [5.74, 6) is -0.635. The third-order valence-corrected chi connectivity index (χ3v) is 8.62. The van der Waals surface area contributed by atoms with Gasteiger partial charge in [-0.25, -0.2) is 9.37 Å². The molecule has 5 rings (SSSR count). The lowest BCUT2D eigenvalue weighted by Crippen LogP contribution is -2.39. The van der Waals surface area contributed by atoms with Crippen molar-refractivity contribution in [2.45, 2.75) is 38.3 Å². The van der Waals surface area contributed by atoms with Crippen LogP contribution in [0.3, 0.4) is 0 Å². The van der Waals surface area contributed by atoms with Gasteiger partial charge in [-0.3, -0.25) is 14.5 Å². The number of aromatic nitrogens is 1. The smallest absolute Gasteiger partial charge is 0.310 e. The van der Waals surface area contributed by atoms with Crippen molar-refractivity contribution in [3.05, 3.63) is 22.9 Å². The molecule has 7 nitrogen and oxygen atoms in total. The van der Waals surface area contributed by atoms with Gasteiger partial charge in [0.15, 0.2) is 0 Å². The lowest BCUT2D eigenvalue weighted by molar-refractivity contribution is -0.156. The molecule has 1 saturated heterocycles. The van der Waals surface area contributed by atoms with Crippen molar-refractivity contribution in [3.8, 4) is 0 Å². The average Bonchev–Trinajstić information content (AvgIpc) is 3.29. The van der Waals surface area contributed by atoms with Crippen LogP contribution in [-0.4, -0.2) is 67.4 Å². The van der Waals surface area contributed by atoms with E-state index in [4.69, 9.17) is 9.47 Å². The van der Waals surface area contributed by atoms with Gasteiger partial charge in [0, 0.05) is 19.6 Å². The van der Waals surface area contributed by atoms with Crippen LogP contribution >= 0.6 is 15.9 Å². The Morgan fingerprint density at radius 2 is 1.94 bits per heavy atom. The normalized spacial score (nSPS) is 31.8. The summed E-state index contributed by atoms with van der Waals surface area (Å²) in [6, 6.07) is 3.58. The number of nitrogens with zero attached hydrogens (tertiary/aromatic N) is 2. The highest BCUT2D eigenvalue weighted by Gasteiger charge is 2.72. The van der Waals surface area contributed by atoms with E-state index in [1.807, 2.05) is 4.90 Å². The van der Waals surface area contributed by atoms with Gasteiger partial charge in [0.1, 0.15) is 17.4 Å². The summed E-state index contributed by atoms with van der Waals surface area (Å²) in [6.45, 7) is 2.92. The van der Waals surface area contributed by atoms with Gasteiger partial charge in [0.25, 0.3) is 0 Å². The number of nitrogens with one attached hydrogen (secondary N) is 1. The number of esters is 1. The van der Waals surface area contributed by atoms with Gasteiger partial charge in [0.2, 0.25) is 5.91 Å². The van der Waals surface area contributed by atoms with Gasteiger partial charge in [-0.15, -0.1) is 0 Å². The molecule has 4 aliphatic rings. The molecular weight excluding hydrogens is 493 g/mol. The van der Waals surface area contributed by atoms with Crippen molar-refractivity contribution in [1.29, 1.82) is 0 Å². The fourth-order valence-corrected chi connectivity index (χ4v) is 6.82. The van der Waals surface area contributed by atoms with Gasteiger partial charge < -0.3 is 14.8 Å². The molecule has 4 fully saturated rings. The maximum absolute atomic E-state index is 13.3. The Kier molecular flexibility index (Phi) is 6.73. The molecule has 1 aromatic heterocycles. The van der Waals surface area contributed by atoms with Gasteiger partial charge in [0.05, 0.1) is 36.9 Å². The quantitative estimate of drug-likeness (QED) is 0.303. The molecule has 180 valence electrons. The number of carbonyl (C=O) groups is 2. The van der Waals surface area contributed by atoms with Crippen molar-refractivity contribution in [3.63, 3.8) is 0 Å². The molecule has 1 aromatic rings. The predicted molar refractivity (Wildman–Crippen MR) is 123 cm³/mol. The highest BCUT2D eigenvalue weighted by molar-refractivity contribution is 9.10. The van der Waals surface area contributed by atoms with Crippen molar-refractivity contribution in [1.82, 2.24) is 9.88 Å². The Morgan fingerprint density at radius 1 is 1.15 bits per heavy atom. The van der Waals surface area contributed by atoms with E-state index >= 15 is 0 Å². The van der Waals surface area contributed by atoms with Crippen molar-refractivity contribution >= 4 is 33.5 Å². The van der Waals surface area contributed by atoms with Crippen molar-refractivity contribution in [2.75, 3.05) is 44.8 Å². The molecule has 0 radical (unpaired) electrons. The summed E-state index contributed by atoms with van der Waals surface area (Å²) in [5.41, 5.74) is 0.790. The number of hydrogen-bond donors (Lipinski definition) is 1. The minimum absolute atomic E-state index is 0.104. The number of halogens is 2. The van der Waals surface area contributed by atoms with Crippen LogP contribution in [0.15, 0.2) is 22.9 Å². The Bertz CT molecular complexity index is 881. The highest BCUT2D eigenvalue weighted by Crippen LogP contribution is 2.74. The zero-order valence-corrected chi connectivity index (χ0v) is 20.3. The first-order valence-corrected chi connectivity index (χ1v) is 12.8. The summed E-state index contributed by atoms with van der Waals surface area (Å²) in [7, 11) is 0. The predicted octanol–water partition coefficient (Wildman–Crippen LogP) is 3.44. The summed E-state index contributed by atoms with van der Waals surface area (Å²) in [5, 5.41) is 2.97. The first-order chi connectivity index (χ1) is 16.0. The standard InChI is InChI=1S/C24H31BrFN3O4/c25-19-4-1-16(13-27-19)28-22(30)20-17-2-3-18(24(17)6-7-24)21(20)23(31)33-12-11-32-10-9-29-8-5-15(26)14-29/h1,4,13,15,17-18,20-21H,2-3,5-12,14H2,(H,28,30)/t15?,17-,18+,20+,21+/m0/s1. The zero-order valence-electron chi connectivity index (χ0n) is 18.7. The van der Waals surface area contributed by atoms with E-state index < -0.39 is 6.17 Å². The number of likely N-dealkylation sites (tertiary alicyclic amines) is 1. The number of pyridine rings is 1. The fraction of sp³-hybridized carbons (Fsp3) is 0.708. The summed E-state index contributed by atoms with van der Waals surface area (Å²) >= 11 is 3.30. The van der Waals surface area contributed by atoms with E-state index in [-0.39, 0.29) is 47.6 Å². The van der Waals surface area contributed by atoms with Gasteiger partial charge in [-0.05, 0) is 77.4 Å². The first kappa shape index (κ1) is 23.2. The molecule has 3 aliphatic carbocycles. The van der Waals surface area contributed by atoms with Crippen LogP contribution < -0.4 is 5.32 Å². The maximum Gasteiger partial charge on any atom is 0.310 e. The molecule has 1 aliphatic heterocycles. The van der Waals surface area contributed by atoms with Crippen LogP contribution in [0, 0.1) is 29.1 Å². The number of rotatable bonds is 9. The third-order valence-electron chi connectivity index (χ3n) is 8.16. The Morgan fingerprint density at radius 3 is 2.61 bits per heavy atom. The van der Waals surface area contributed by atoms with E-state index in [0.29, 0.717) is 43.0 Å². The second kappa shape index (κ2) is 9.58. The minimum Gasteiger partial charge on any atom is -0.463 e. The molecule has 1 N–H and O–H groups in total. The number of anilines is 1. The topological polar surface area (TPSA) is 80.8 Å². The summed E-state index contributed by atoms with van der Waals surface area (Å²) < 4.78 is 25.1. The number of carbonyl (C=O) groups excluding carboxylic acids is 2. The Balaban J connectivity index is 1.14. The lowest BCUT2D eigenvalue weighted by Gasteiger charge is -2.28. The van der Waals surface area contributed by atoms with Crippen LogP contribution in [0.25, 0.3) is 0 Å². The van der Waals surface area contributed by atoms with Gasteiger partial charge in [-0.1, -0.05) is 0 Å². The molecule has 5 atom stereocenters. The van der Waals surface area contributed by atoms with Crippen LogP contribution in [0.1, 0.15) is 32.1 Å². The van der Waals surface area contributed by atoms with Gasteiger partial charge in [-0.2, -0.15) is 0 Å². The largest absolute Gasteiger partial charge is 0.463 e. The molecular formula is C24H31BrFN3O4. The average molecular weight is 524 g/mol. The van der Waals surface area contributed by atoms with E-state index in [1.165, 1.54) is 0 Å². The summed E-state index contributed by atoms with van der Waals surface area (Å²) in [4.78, 5) is 32.6. The zero-order chi connectivity index (χ0) is 23.0. The molecule has 1 unspecified atom stereocenters. The van der Waals surface area contributed by atoms with Gasteiger partial charge >= 0.3 is 5.97 Å². The third kappa shape index (κ3) is 4.68. The number of alkyl halides is 1. The van der Waals surface area contributed by atoms with E-state index in [1.54, 1.807) is 18.3 Å². The van der Waals surface area contributed by atoms with Crippen LogP contribution in [0.2, 0.25) is 0 Å². The van der Waals surface area contributed by atoms with E-state index in [0.717, 1.165) is 32.2 Å². The molecule has 2 bridgehead atoms. The van der Waals surface area contributed by atoms with Crippen LogP contribution in [0.5, 0.6) is 0 Å². The second-order valence-corrected chi connectivity index (χ2v) is 10.7. The Hall–Kier alpha value is -1.58. The number of ether oxygens (including phenoxy) is 2. The van der Waals surface area contributed by atoms with Crippen molar-refractivity contribution < 1.29 is 23.5 Å². The highest BCUT2D eigenvalue weighted by atomic mass is 79.9. The SMILES string of the molecule is O=C(OCCOCCN1CCC(F)C1)[C@H]1[C@H](C(=O)Nc2ccc(Br)nc2)[C@@H]2CC[C@H]1C21CC1. The number of amides is 1. The maximum atomic E-state index is 13.3. The first-order valence-electron chi connectivity index (χ1n) is 12.0. The van der Waals surface area contributed by atoms with Crippen LogP contribution in [-0.2, 0) is 19.1 Å². The molecule has 1 amide bonds. The Labute approximate surface area is 201 Å². The lowest BCUT2D eigenvalue weighted by atomic mass is 9.78. The van der Waals surface area contributed by atoms with Crippen molar-refractivity contribution in [2.24, 2.45) is 29.1 Å². The molecule has 0 aromatic carbocycles. The molecule has 3 saturated carbocycles. The summed E-state index contributed by atoms with van der Waals surface area (Å²) in [6.07, 6.45) is 5.69. The molecule has 1 spiro atoms. The molecule has 33 heavy (non-hydrogen) atoms. The van der Waals surface area contributed by atoms with Crippen LogP contribution in [0.4, 0.5) is 10.1 Å². The fourth-order valence-electron chi connectivity index (χ4n) is 6.58. The minimum atomic E-state index is -0.729. The van der Waals surface area contributed by atoms with E-state index in [2.05, 4.69) is 26.2 Å². The molecule has 9 heteroatoms.